The van der Waals surface area contributed by atoms with Gasteiger partial charge in [0.25, 0.3) is 0 Å². The topological polar surface area (TPSA) is 0 Å². The van der Waals surface area contributed by atoms with Crippen LogP contribution in [0.2, 0.25) is 5.02 Å². The van der Waals surface area contributed by atoms with Gasteiger partial charge in [-0.15, -0.1) is 0 Å². The molecule has 35 heavy (non-hydrogen) atoms. The standard InChI is InChI=1S/C34H27Cl/c1-20-9-7-10-21(2)33(20)31-19-30-28-17-24(35)15-16-27(28)32(34-22(3)11-8-12-23(34)4)18-29(30)25-13-5-6-14-26(25)31/h5-19H,1-4H3. The van der Waals surface area contributed by atoms with E-state index in [9.17, 15) is 0 Å². The van der Waals surface area contributed by atoms with Crippen LogP contribution in [0.4, 0.5) is 0 Å². The normalized spacial score (nSPS) is 11.6. The summed E-state index contributed by atoms with van der Waals surface area (Å²) in [6, 6.07) is 33.1. The van der Waals surface area contributed by atoms with E-state index < -0.39 is 0 Å². The highest BCUT2D eigenvalue weighted by Gasteiger charge is 2.17. The van der Waals surface area contributed by atoms with Crippen molar-refractivity contribution in [2.75, 3.05) is 0 Å². The van der Waals surface area contributed by atoms with Crippen molar-refractivity contribution in [3.05, 3.63) is 118 Å². The van der Waals surface area contributed by atoms with E-state index in [1.54, 1.807) is 0 Å². The molecule has 0 saturated heterocycles. The highest BCUT2D eigenvalue weighted by molar-refractivity contribution is 6.33. The van der Waals surface area contributed by atoms with Gasteiger partial charge in [-0.2, -0.15) is 0 Å². The minimum Gasteiger partial charge on any atom is -0.0843 e. The van der Waals surface area contributed by atoms with Gasteiger partial charge >= 0.3 is 0 Å². The summed E-state index contributed by atoms with van der Waals surface area (Å²) < 4.78 is 0. The van der Waals surface area contributed by atoms with E-state index in [1.165, 1.54) is 76.8 Å². The molecule has 0 N–H and O–H groups in total. The maximum absolute atomic E-state index is 6.61. The third-order valence-corrected chi connectivity index (χ3v) is 7.67. The largest absolute Gasteiger partial charge is 0.0843 e. The smallest absolute Gasteiger partial charge is 0.0412 e. The first-order valence-electron chi connectivity index (χ1n) is 12.1. The molecule has 0 saturated carbocycles. The van der Waals surface area contributed by atoms with Crippen molar-refractivity contribution in [2.45, 2.75) is 27.7 Å². The summed E-state index contributed by atoms with van der Waals surface area (Å²) in [5, 5.41) is 8.27. The molecule has 0 spiro atoms. The van der Waals surface area contributed by atoms with Crippen LogP contribution in [0.1, 0.15) is 22.3 Å². The maximum Gasteiger partial charge on any atom is 0.0412 e. The molecule has 170 valence electrons. The lowest BCUT2D eigenvalue weighted by Gasteiger charge is -2.19. The summed E-state index contributed by atoms with van der Waals surface area (Å²) in [5.41, 5.74) is 10.3. The second-order valence-corrected chi connectivity index (χ2v) is 10.1. The highest BCUT2D eigenvalue weighted by atomic mass is 35.5. The maximum atomic E-state index is 6.61. The van der Waals surface area contributed by atoms with Crippen molar-refractivity contribution in [3.8, 4) is 22.3 Å². The van der Waals surface area contributed by atoms with E-state index in [2.05, 4.69) is 113 Å². The van der Waals surface area contributed by atoms with Crippen LogP contribution in [0.25, 0.3) is 54.6 Å². The van der Waals surface area contributed by atoms with E-state index >= 15 is 0 Å². The average molecular weight is 471 g/mol. The molecule has 0 radical (unpaired) electrons. The van der Waals surface area contributed by atoms with Crippen molar-refractivity contribution >= 4 is 43.9 Å². The molecule has 0 aromatic heterocycles. The lowest BCUT2D eigenvalue weighted by molar-refractivity contribution is 1.38. The summed E-state index contributed by atoms with van der Waals surface area (Å²) in [5.74, 6) is 0. The first-order chi connectivity index (χ1) is 16.9. The van der Waals surface area contributed by atoms with E-state index in [1.807, 2.05) is 6.07 Å². The fourth-order valence-corrected chi connectivity index (χ4v) is 6.04. The van der Waals surface area contributed by atoms with Crippen molar-refractivity contribution in [3.63, 3.8) is 0 Å². The zero-order valence-electron chi connectivity index (χ0n) is 20.5. The quantitative estimate of drug-likeness (QED) is 0.221. The van der Waals surface area contributed by atoms with Gasteiger partial charge in [-0.25, -0.2) is 0 Å². The second kappa shape index (κ2) is 8.26. The zero-order valence-corrected chi connectivity index (χ0v) is 21.3. The molecule has 6 rings (SSSR count). The molecule has 0 amide bonds. The second-order valence-electron chi connectivity index (χ2n) is 9.71. The first-order valence-corrected chi connectivity index (χ1v) is 12.5. The van der Waals surface area contributed by atoms with Crippen LogP contribution >= 0.6 is 11.6 Å². The van der Waals surface area contributed by atoms with Crippen LogP contribution in [-0.2, 0) is 0 Å². The minimum atomic E-state index is 0.763. The van der Waals surface area contributed by atoms with Crippen LogP contribution in [0.3, 0.4) is 0 Å². The summed E-state index contributed by atoms with van der Waals surface area (Å²) >= 11 is 6.61. The number of aryl methyl sites for hydroxylation is 4. The predicted octanol–water partition coefficient (Wildman–Crippen LogP) is 10.4. The first kappa shape index (κ1) is 21.9. The van der Waals surface area contributed by atoms with E-state index in [0.29, 0.717) is 0 Å². The number of fused-ring (bicyclic) bond motifs is 5. The zero-order chi connectivity index (χ0) is 24.3. The molecular weight excluding hydrogens is 444 g/mol. The lowest BCUT2D eigenvalue weighted by Crippen LogP contribution is -1.94. The summed E-state index contributed by atoms with van der Waals surface area (Å²) in [7, 11) is 0. The number of hydrogen-bond donors (Lipinski definition) is 0. The Morgan fingerprint density at radius 3 is 1.37 bits per heavy atom. The highest BCUT2D eigenvalue weighted by Crippen LogP contribution is 2.44. The molecule has 0 aliphatic rings. The SMILES string of the molecule is Cc1cccc(C)c1-c1cc2c3cc(Cl)ccc3c(-c3c(C)cccc3C)cc2c2ccccc12. The fourth-order valence-electron chi connectivity index (χ4n) is 5.86. The minimum absolute atomic E-state index is 0.763. The molecule has 6 aromatic carbocycles. The Balaban J connectivity index is 1.85. The number of halogens is 1. The molecule has 0 aliphatic heterocycles. The van der Waals surface area contributed by atoms with Gasteiger partial charge in [0.1, 0.15) is 0 Å². The average Bonchev–Trinajstić information content (AvgIpc) is 2.84. The molecule has 6 aromatic rings. The lowest BCUT2D eigenvalue weighted by atomic mass is 9.84. The monoisotopic (exact) mass is 470 g/mol. The molecular formula is C34H27Cl. The van der Waals surface area contributed by atoms with Crippen LogP contribution in [0.5, 0.6) is 0 Å². The molecule has 0 fully saturated rings. The van der Waals surface area contributed by atoms with Gasteiger partial charge in [-0.1, -0.05) is 78.3 Å². The van der Waals surface area contributed by atoms with Crippen molar-refractivity contribution in [2.24, 2.45) is 0 Å². The van der Waals surface area contributed by atoms with Crippen LogP contribution in [0, 0.1) is 27.7 Å². The van der Waals surface area contributed by atoms with Crippen molar-refractivity contribution in [1.82, 2.24) is 0 Å². The fraction of sp³-hybridized carbons (Fsp3) is 0.118. The van der Waals surface area contributed by atoms with Crippen molar-refractivity contribution in [1.29, 1.82) is 0 Å². The van der Waals surface area contributed by atoms with Crippen molar-refractivity contribution < 1.29 is 0 Å². The van der Waals surface area contributed by atoms with Gasteiger partial charge in [-0.05, 0) is 129 Å². The van der Waals surface area contributed by atoms with Gasteiger partial charge in [0.05, 0.1) is 0 Å². The Kier molecular flexibility index (Phi) is 5.16. The number of rotatable bonds is 2. The predicted molar refractivity (Wildman–Crippen MR) is 154 cm³/mol. The third-order valence-electron chi connectivity index (χ3n) is 7.44. The Bertz CT molecular complexity index is 1750. The summed E-state index contributed by atoms with van der Waals surface area (Å²) in [4.78, 5) is 0. The Hall–Kier alpha value is -3.61. The van der Waals surface area contributed by atoms with Gasteiger partial charge < -0.3 is 0 Å². The summed E-state index contributed by atoms with van der Waals surface area (Å²) in [6.07, 6.45) is 0. The number of hydrogen-bond acceptors (Lipinski definition) is 0. The van der Waals surface area contributed by atoms with Crippen LogP contribution in [0.15, 0.2) is 91.0 Å². The number of benzene rings is 6. The summed E-state index contributed by atoms with van der Waals surface area (Å²) in [6.45, 7) is 8.83. The van der Waals surface area contributed by atoms with Gasteiger partial charge in [-0.3, -0.25) is 0 Å². The third kappa shape index (κ3) is 3.44. The molecule has 0 atom stereocenters. The Morgan fingerprint density at radius 2 is 0.829 bits per heavy atom. The van der Waals surface area contributed by atoms with Crippen LogP contribution in [-0.4, -0.2) is 0 Å². The molecule has 0 heterocycles. The van der Waals surface area contributed by atoms with E-state index in [-0.39, 0.29) is 0 Å². The molecule has 0 aliphatic carbocycles. The van der Waals surface area contributed by atoms with Gasteiger partial charge in [0.15, 0.2) is 0 Å². The molecule has 1 heteroatoms. The van der Waals surface area contributed by atoms with E-state index in [0.717, 1.165) is 5.02 Å². The van der Waals surface area contributed by atoms with E-state index in [4.69, 9.17) is 11.6 Å². The molecule has 0 unspecified atom stereocenters. The van der Waals surface area contributed by atoms with Gasteiger partial charge in [0.2, 0.25) is 0 Å². The Labute approximate surface area is 211 Å². The van der Waals surface area contributed by atoms with Crippen LogP contribution < -0.4 is 0 Å². The Morgan fingerprint density at radius 1 is 0.400 bits per heavy atom. The molecule has 0 nitrogen and oxygen atoms in total. The molecule has 0 bridgehead atoms. The van der Waals surface area contributed by atoms with Gasteiger partial charge in [0, 0.05) is 5.02 Å².